The zero-order valence-corrected chi connectivity index (χ0v) is 9.91. The fourth-order valence-electron chi connectivity index (χ4n) is 1.20. The Morgan fingerprint density at radius 3 is 2.47 bits per heavy atom. The van der Waals surface area contributed by atoms with Crippen molar-refractivity contribution < 1.29 is 27.1 Å². The molecule has 1 aromatic carbocycles. The quantitative estimate of drug-likeness (QED) is 0.615. The zero-order chi connectivity index (χ0) is 14.3. The number of hydrogen-bond donors (Lipinski definition) is 1. The van der Waals surface area contributed by atoms with Gasteiger partial charge in [-0.05, 0) is 18.6 Å². The first-order chi connectivity index (χ1) is 8.94. The molecule has 0 radical (unpaired) electrons. The zero-order valence-electron chi connectivity index (χ0n) is 9.91. The molecule has 106 valence electrons. The van der Waals surface area contributed by atoms with Crippen LogP contribution in [-0.2, 0) is 4.79 Å². The predicted molar refractivity (Wildman–Crippen MR) is 60.5 cm³/mol. The molecule has 0 saturated heterocycles. The van der Waals surface area contributed by atoms with E-state index in [9.17, 15) is 22.4 Å². The number of benzene rings is 1. The van der Waals surface area contributed by atoms with E-state index >= 15 is 0 Å². The molecular weight excluding hydrogens is 266 g/mol. The van der Waals surface area contributed by atoms with Gasteiger partial charge in [-0.25, -0.2) is 8.78 Å². The Bertz CT molecular complexity index is 398. The highest BCUT2D eigenvalue weighted by Gasteiger charge is 2.48. The summed E-state index contributed by atoms with van der Waals surface area (Å²) in [5.74, 6) is -6.02. The van der Waals surface area contributed by atoms with E-state index in [1.54, 1.807) is 35.6 Å². The first kappa shape index (κ1) is 15.3. The monoisotopic (exact) mass is 279 g/mol. The van der Waals surface area contributed by atoms with Gasteiger partial charge in [0.2, 0.25) is 0 Å². The molecule has 19 heavy (non-hydrogen) atoms. The van der Waals surface area contributed by atoms with Crippen molar-refractivity contribution in [3.05, 3.63) is 30.3 Å². The Morgan fingerprint density at radius 2 is 1.89 bits per heavy atom. The van der Waals surface area contributed by atoms with Crippen LogP contribution in [0.2, 0.25) is 0 Å². The second-order valence-corrected chi connectivity index (χ2v) is 3.69. The number of rotatable bonds is 7. The number of amides is 1. The minimum Gasteiger partial charge on any atom is -0.494 e. The number of hydrogen-bond acceptors (Lipinski definition) is 2. The van der Waals surface area contributed by atoms with Gasteiger partial charge in [-0.15, -0.1) is 0 Å². The second kappa shape index (κ2) is 6.96. The van der Waals surface area contributed by atoms with E-state index < -0.39 is 18.3 Å². The Kier molecular flexibility index (Phi) is 5.59. The highest BCUT2D eigenvalue weighted by Crippen LogP contribution is 2.22. The van der Waals surface area contributed by atoms with Gasteiger partial charge in [0, 0.05) is 6.54 Å². The van der Waals surface area contributed by atoms with Crippen molar-refractivity contribution in [1.82, 2.24) is 5.32 Å². The van der Waals surface area contributed by atoms with Crippen LogP contribution in [0.5, 0.6) is 5.75 Å². The third-order valence-electron chi connectivity index (χ3n) is 2.20. The van der Waals surface area contributed by atoms with Crippen molar-refractivity contribution in [2.45, 2.75) is 18.8 Å². The molecule has 1 aromatic rings. The van der Waals surface area contributed by atoms with E-state index in [-0.39, 0.29) is 19.6 Å². The third kappa shape index (κ3) is 4.76. The Labute approximate surface area is 107 Å². The summed E-state index contributed by atoms with van der Waals surface area (Å²) < 4.78 is 53.9. The second-order valence-electron chi connectivity index (χ2n) is 3.69. The molecule has 1 rings (SSSR count). The maximum Gasteiger partial charge on any atom is 0.383 e. The lowest BCUT2D eigenvalue weighted by atomic mass is 10.3. The van der Waals surface area contributed by atoms with Gasteiger partial charge < -0.3 is 10.1 Å². The molecule has 0 atom stereocenters. The van der Waals surface area contributed by atoms with E-state index in [4.69, 9.17) is 4.74 Å². The van der Waals surface area contributed by atoms with Crippen LogP contribution in [-0.4, -0.2) is 31.4 Å². The summed E-state index contributed by atoms with van der Waals surface area (Å²) in [5, 5.41) is 1.74. The number of alkyl halides is 4. The standard InChI is InChI=1S/C12H13F4NO2/c13-10(14)12(15,16)11(18)17-7-4-8-19-9-5-2-1-3-6-9/h1-3,5-6,10H,4,7-8H2,(H,17,18). The van der Waals surface area contributed by atoms with Crippen molar-refractivity contribution in [2.75, 3.05) is 13.2 Å². The predicted octanol–water partition coefficient (Wildman–Crippen LogP) is 2.47. The van der Waals surface area contributed by atoms with Gasteiger partial charge in [-0.3, -0.25) is 4.79 Å². The highest BCUT2D eigenvalue weighted by atomic mass is 19.3. The molecule has 0 fully saturated rings. The summed E-state index contributed by atoms with van der Waals surface area (Å²) >= 11 is 0. The molecule has 3 nitrogen and oxygen atoms in total. The van der Waals surface area contributed by atoms with Crippen LogP contribution in [0.3, 0.4) is 0 Å². The van der Waals surface area contributed by atoms with E-state index in [1.165, 1.54) is 0 Å². The molecule has 1 N–H and O–H groups in total. The van der Waals surface area contributed by atoms with Crippen LogP contribution in [0.25, 0.3) is 0 Å². The minimum absolute atomic E-state index is 0.159. The van der Waals surface area contributed by atoms with Gasteiger partial charge in [0.05, 0.1) is 6.61 Å². The SMILES string of the molecule is O=C(NCCCOc1ccccc1)C(F)(F)C(F)F. The van der Waals surface area contributed by atoms with Crippen LogP contribution in [0.4, 0.5) is 17.6 Å². The highest BCUT2D eigenvalue weighted by molar-refractivity contribution is 5.83. The van der Waals surface area contributed by atoms with Crippen molar-refractivity contribution in [2.24, 2.45) is 0 Å². The van der Waals surface area contributed by atoms with Crippen LogP contribution in [0.1, 0.15) is 6.42 Å². The molecule has 0 bridgehead atoms. The molecule has 0 unspecified atom stereocenters. The van der Waals surface area contributed by atoms with Gasteiger partial charge in [0.1, 0.15) is 5.75 Å². The number of para-hydroxylation sites is 1. The summed E-state index contributed by atoms with van der Waals surface area (Å²) in [6.45, 7) is 0.0263. The van der Waals surface area contributed by atoms with Crippen molar-refractivity contribution in [3.8, 4) is 5.75 Å². The molecule has 0 spiro atoms. The molecule has 7 heteroatoms. The normalized spacial score (nSPS) is 11.4. The molecule has 1 amide bonds. The number of carbonyl (C=O) groups excluding carboxylic acids is 1. The number of halogens is 4. The summed E-state index contributed by atoms with van der Waals surface area (Å²) in [6.07, 6.45) is -3.77. The van der Waals surface area contributed by atoms with Crippen molar-refractivity contribution in [1.29, 1.82) is 0 Å². The number of ether oxygens (including phenoxy) is 1. The Morgan fingerprint density at radius 1 is 1.26 bits per heavy atom. The van der Waals surface area contributed by atoms with Crippen molar-refractivity contribution in [3.63, 3.8) is 0 Å². The van der Waals surface area contributed by atoms with Gasteiger partial charge in [-0.1, -0.05) is 18.2 Å². The average molecular weight is 279 g/mol. The number of nitrogens with one attached hydrogen (secondary N) is 1. The van der Waals surface area contributed by atoms with E-state index in [0.29, 0.717) is 5.75 Å². The first-order valence-corrected chi connectivity index (χ1v) is 5.56. The molecule has 0 heterocycles. The van der Waals surface area contributed by atoms with Crippen molar-refractivity contribution >= 4 is 5.91 Å². The molecule has 0 saturated carbocycles. The van der Waals surface area contributed by atoms with Crippen LogP contribution in [0, 0.1) is 0 Å². The summed E-state index contributed by atoms with van der Waals surface area (Å²) in [6, 6.07) is 8.76. The molecule has 0 aliphatic heterocycles. The Balaban J connectivity index is 2.19. The first-order valence-electron chi connectivity index (χ1n) is 5.56. The molecule has 0 aliphatic carbocycles. The van der Waals surface area contributed by atoms with Gasteiger partial charge in [0.15, 0.2) is 0 Å². The van der Waals surface area contributed by atoms with Crippen LogP contribution < -0.4 is 10.1 Å². The fourth-order valence-corrected chi connectivity index (χ4v) is 1.20. The summed E-state index contributed by atoms with van der Waals surface area (Å²) in [5.41, 5.74) is 0. The van der Waals surface area contributed by atoms with Gasteiger partial charge >= 0.3 is 12.3 Å². The van der Waals surface area contributed by atoms with Crippen LogP contribution >= 0.6 is 0 Å². The lowest BCUT2D eigenvalue weighted by Gasteiger charge is -2.14. The molecule has 0 aliphatic rings. The van der Waals surface area contributed by atoms with E-state index in [2.05, 4.69) is 0 Å². The van der Waals surface area contributed by atoms with Crippen LogP contribution in [0.15, 0.2) is 30.3 Å². The number of carbonyl (C=O) groups is 1. The smallest absolute Gasteiger partial charge is 0.383 e. The van der Waals surface area contributed by atoms with E-state index in [1.807, 2.05) is 0 Å². The third-order valence-corrected chi connectivity index (χ3v) is 2.20. The summed E-state index contributed by atoms with van der Waals surface area (Å²) in [4.78, 5) is 10.8. The average Bonchev–Trinajstić information content (AvgIpc) is 2.39. The lowest BCUT2D eigenvalue weighted by Crippen LogP contribution is -2.45. The summed E-state index contributed by atoms with van der Waals surface area (Å²) in [7, 11) is 0. The topological polar surface area (TPSA) is 38.3 Å². The minimum atomic E-state index is -4.65. The van der Waals surface area contributed by atoms with Gasteiger partial charge in [-0.2, -0.15) is 8.78 Å². The maximum atomic E-state index is 12.5. The maximum absolute atomic E-state index is 12.5. The molecular formula is C12H13F4NO2. The van der Waals surface area contributed by atoms with Gasteiger partial charge in [0.25, 0.3) is 5.91 Å². The fraction of sp³-hybridized carbons (Fsp3) is 0.417. The Hall–Kier alpha value is -1.79. The largest absolute Gasteiger partial charge is 0.494 e. The van der Waals surface area contributed by atoms with E-state index in [0.717, 1.165) is 0 Å². The lowest BCUT2D eigenvalue weighted by molar-refractivity contribution is -0.169. The molecule has 0 aromatic heterocycles.